The quantitative estimate of drug-likeness (QED) is 0.485. The molecule has 0 spiro atoms. The van der Waals surface area contributed by atoms with Crippen molar-refractivity contribution in [3.8, 4) is 27.8 Å². The lowest BCUT2D eigenvalue weighted by molar-refractivity contribution is -0.115. The van der Waals surface area contributed by atoms with Crippen LogP contribution < -0.4 is 14.8 Å². The fraction of sp³-hybridized carbons (Fsp3) is 0.136. The average Bonchev–Trinajstić information content (AvgIpc) is 3.46. The van der Waals surface area contributed by atoms with Crippen LogP contribution in [0.4, 0.5) is 5.69 Å². The molecule has 1 N–H and O–H groups in total. The number of anilines is 1. The summed E-state index contributed by atoms with van der Waals surface area (Å²) in [5, 5.41) is 5.63. The van der Waals surface area contributed by atoms with Crippen molar-refractivity contribution in [2.75, 3.05) is 19.5 Å². The number of carbonyl (C=O) groups is 1. The van der Waals surface area contributed by atoms with Crippen molar-refractivity contribution in [2.45, 2.75) is 6.42 Å². The van der Waals surface area contributed by atoms with E-state index >= 15 is 0 Å². The Morgan fingerprint density at radius 1 is 1.10 bits per heavy atom. The van der Waals surface area contributed by atoms with Crippen LogP contribution in [0.2, 0.25) is 0 Å². The van der Waals surface area contributed by atoms with Crippen LogP contribution in [-0.4, -0.2) is 34.7 Å². The first-order valence-electron chi connectivity index (χ1n) is 9.21. The van der Waals surface area contributed by atoms with Gasteiger partial charge in [-0.1, -0.05) is 0 Å². The summed E-state index contributed by atoms with van der Waals surface area (Å²) in [5.74, 6) is 1.19. The summed E-state index contributed by atoms with van der Waals surface area (Å²) in [6, 6.07) is 13.2. The first-order chi connectivity index (χ1) is 14.7. The highest BCUT2D eigenvalue weighted by Crippen LogP contribution is 2.33. The number of amides is 1. The second-order valence-corrected chi connectivity index (χ2v) is 7.31. The largest absolute Gasteiger partial charge is 0.493 e. The Labute approximate surface area is 177 Å². The molecule has 152 valence electrons. The number of hydrogen-bond donors (Lipinski definition) is 1. The van der Waals surface area contributed by atoms with Gasteiger partial charge in [0.05, 0.1) is 32.7 Å². The molecule has 0 saturated heterocycles. The fourth-order valence-electron chi connectivity index (χ4n) is 2.99. The first-order valence-corrected chi connectivity index (χ1v) is 10.1. The average molecular weight is 420 g/mol. The molecule has 0 aliphatic carbocycles. The topological polar surface area (TPSA) is 78.3 Å². The maximum absolute atomic E-state index is 12.4. The van der Waals surface area contributed by atoms with Gasteiger partial charge in [-0.3, -0.25) is 4.79 Å². The second-order valence-electron chi connectivity index (χ2n) is 6.46. The van der Waals surface area contributed by atoms with Crippen molar-refractivity contribution < 1.29 is 14.3 Å². The summed E-state index contributed by atoms with van der Waals surface area (Å²) in [5.41, 5.74) is 3.35. The van der Waals surface area contributed by atoms with Gasteiger partial charge in [0, 0.05) is 34.7 Å². The molecule has 0 radical (unpaired) electrons. The number of rotatable bonds is 7. The van der Waals surface area contributed by atoms with Crippen molar-refractivity contribution >= 4 is 22.9 Å². The predicted molar refractivity (Wildman–Crippen MR) is 117 cm³/mol. The molecule has 0 unspecified atom stereocenters. The van der Waals surface area contributed by atoms with Crippen LogP contribution in [0.5, 0.6) is 11.5 Å². The summed E-state index contributed by atoms with van der Waals surface area (Å²) >= 11 is 1.49. The molecule has 0 aliphatic rings. The molecule has 4 aromatic rings. The lowest BCUT2D eigenvalue weighted by Crippen LogP contribution is -2.14. The van der Waals surface area contributed by atoms with Crippen LogP contribution in [0, 0.1) is 0 Å². The van der Waals surface area contributed by atoms with Gasteiger partial charge in [-0.05, 0) is 42.5 Å². The third kappa shape index (κ3) is 4.33. The van der Waals surface area contributed by atoms with E-state index < -0.39 is 0 Å². The number of nitrogens with zero attached hydrogens (tertiary/aromatic N) is 3. The van der Waals surface area contributed by atoms with Crippen LogP contribution >= 0.6 is 11.3 Å². The monoisotopic (exact) mass is 420 g/mol. The highest BCUT2D eigenvalue weighted by atomic mass is 32.1. The molecule has 30 heavy (non-hydrogen) atoms. The van der Waals surface area contributed by atoms with Gasteiger partial charge in [0.25, 0.3) is 0 Å². The van der Waals surface area contributed by atoms with E-state index in [4.69, 9.17) is 9.47 Å². The van der Waals surface area contributed by atoms with Gasteiger partial charge in [0.2, 0.25) is 5.91 Å². The molecule has 0 atom stereocenters. The van der Waals surface area contributed by atoms with E-state index in [1.54, 1.807) is 26.7 Å². The third-order valence-corrected chi connectivity index (χ3v) is 5.42. The standard InChI is InChI=1S/C22H20N4O3S/c1-28-19-8-3-15(11-20(19)29-2)22-25-17(13-30-22)12-21(27)24-16-4-6-18(7-5-16)26-10-9-23-14-26/h3-11,13-14H,12H2,1-2H3,(H,24,27). The lowest BCUT2D eigenvalue weighted by Gasteiger charge is -2.08. The zero-order chi connectivity index (χ0) is 20.9. The number of carbonyl (C=O) groups excluding carboxylic acids is 1. The maximum atomic E-state index is 12.4. The normalized spacial score (nSPS) is 10.6. The van der Waals surface area contributed by atoms with Crippen LogP contribution in [0.25, 0.3) is 16.3 Å². The fourth-order valence-corrected chi connectivity index (χ4v) is 3.81. The molecule has 0 fully saturated rings. The van der Waals surface area contributed by atoms with Crippen molar-refractivity contribution in [3.63, 3.8) is 0 Å². The summed E-state index contributed by atoms with van der Waals surface area (Å²) < 4.78 is 12.5. The zero-order valence-electron chi connectivity index (χ0n) is 16.5. The van der Waals surface area contributed by atoms with Gasteiger partial charge in [0.1, 0.15) is 5.01 Å². The van der Waals surface area contributed by atoms with Crippen LogP contribution in [-0.2, 0) is 11.2 Å². The molecule has 2 heterocycles. The number of aromatic nitrogens is 3. The summed E-state index contributed by atoms with van der Waals surface area (Å²) in [6.45, 7) is 0. The number of thiazole rings is 1. The molecular weight excluding hydrogens is 400 g/mol. The van der Waals surface area contributed by atoms with E-state index in [0.717, 1.165) is 27.6 Å². The van der Waals surface area contributed by atoms with Crippen LogP contribution in [0.15, 0.2) is 66.6 Å². The smallest absolute Gasteiger partial charge is 0.230 e. The van der Waals surface area contributed by atoms with Gasteiger partial charge in [-0.2, -0.15) is 0 Å². The maximum Gasteiger partial charge on any atom is 0.230 e. The third-order valence-electron chi connectivity index (χ3n) is 4.48. The highest BCUT2D eigenvalue weighted by molar-refractivity contribution is 7.13. The van der Waals surface area contributed by atoms with Crippen molar-refractivity contribution in [3.05, 3.63) is 72.3 Å². The number of imidazole rings is 1. The molecule has 0 aliphatic heterocycles. The number of hydrogen-bond acceptors (Lipinski definition) is 6. The molecule has 1 amide bonds. The van der Waals surface area contributed by atoms with Crippen LogP contribution in [0.1, 0.15) is 5.69 Å². The molecule has 2 aromatic carbocycles. The molecule has 7 nitrogen and oxygen atoms in total. The Morgan fingerprint density at radius 3 is 2.60 bits per heavy atom. The Kier molecular flexibility index (Phi) is 5.76. The van der Waals surface area contributed by atoms with Gasteiger partial charge in [-0.25, -0.2) is 9.97 Å². The molecule has 0 bridgehead atoms. The highest BCUT2D eigenvalue weighted by Gasteiger charge is 2.12. The zero-order valence-corrected chi connectivity index (χ0v) is 17.3. The molecular formula is C22H20N4O3S. The second kappa shape index (κ2) is 8.79. The minimum absolute atomic E-state index is 0.116. The molecule has 8 heteroatoms. The van der Waals surface area contributed by atoms with Crippen molar-refractivity contribution in [1.82, 2.24) is 14.5 Å². The van der Waals surface area contributed by atoms with Gasteiger partial charge in [-0.15, -0.1) is 11.3 Å². The van der Waals surface area contributed by atoms with Gasteiger partial charge < -0.3 is 19.4 Å². The Morgan fingerprint density at radius 2 is 1.90 bits per heavy atom. The minimum Gasteiger partial charge on any atom is -0.493 e. The predicted octanol–water partition coefficient (Wildman–Crippen LogP) is 4.19. The van der Waals surface area contributed by atoms with E-state index in [-0.39, 0.29) is 12.3 Å². The van der Waals surface area contributed by atoms with E-state index in [0.29, 0.717) is 11.5 Å². The minimum atomic E-state index is -0.116. The Bertz CT molecular complexity index is 1140. The Hall–Kier alpha value is -3.65. The van der Waals surface area contributed by atoms with E-state index in [1.165, 1.54) is 11.3 Å². The molecule has 0 saturated carbocycles. The number of methoxy groups -OCH3 is 2. The molecule has 4 rings (SSSR count). The van der Waals surface area contributed by atoms with Gasteiger partial charge >= 0.3 is 0 Å². The first kappa shape index (κ1) is 19.7. The Balaban J connectivity index is 1.40. The number of ether oxygens (including phenoxy) is 2. The van der Waals surface area contributed by atoms with E-state index in [9.17, 15) is 4.79 Å². The SMILES string of the molecule is COc1ccc(-c2nc(CC(=O)Nc3ccc(-n4ccnc4)cc3)cs2)cc1OC. The van der Waals surface area contributed by atoms with E-state index in [1.807, 2.05) is 58.6 Å². The lowest BCUT2D eigenvalue weighted by atomic mass is 10.2. The van der Waals surface area contributed by atoms with E-state index in [2.05, 4.69) is 15.3 Å². The van der Waals surface area contributed by atoms with Crippen LogP contribution in [0.3, 0.4) is 0 Å². The van der Waals surface area contributed by atoms with Crippen molar-refractivity contribution in [1.29, 1.82) is 0 Å². The summed E-state index contributed by atoms with van der Waals surface area (Å²) in [4.78, 5) is 21.1. The summed E-state index contributed by atoms with van der Waals surface area (Å²) in [6.07, 6.45) is 5.52. The van der Waals surface area contributed by atoms with Crippen molar-refractivity contribution in [2.24, 2.45) is 0 Å². The molecule has 2 aromatic heterocycles. The summed E-state index contributed by atoms with van der Waals surface area (Å²) in [7, 11) is 3.20. The van der Waals surface area contributed by atoms with Gasteiger partial charge in [0.15, 0.2) is 11.5 Å². The number of nitrogens with one attached hydrogen (secondary N) is 1. The number of benzene rings is 2.